The number of hydrogen-bond acceptors (Lipinski definition) is 3. The number of nitrogen functional groups attached to an aromatic ring is 1. The summed E-state index contributed by atoms with van der Waals surface area (Å²) in [5.41, 5.74) is 7.65. The molecule has 1 fully saturated rings. The average molecular weight is 290 g/mol. The van der Waals surface area contributed by atoms with Gasteiger partial charge in [0.2, 0.25) is 5.91 Å². The summed E-state index contributed by atoms with van der Waals surface area (Å²) in [6, 6.07) is 5.91. The van der Waals surface area contributed by atoms with Crippen LogP contribution in [-0.2, 0) is 4.79 Å². The molecule has 0 saturated heterocycles. The summed E-state index contributed by atoms with van der Waals surface area (Å²) >= 11 is 1.82. The van der Waals surface area contributed by atoms with Gasteiger partial charge in [0.05, 0.1) is 5.69 Å². The van der Waals surface area contributed by atoms with Gasteiger partial charge in [-0.3, -0.25) is 4.79 Å². The summed E-state index contributed by atoms with van der Waals surface area (Å²) in [5.74, 6) is 2.28. The summed E-state index contributed by atoms with van der Waals surface area (Å²) < 4.78 is 0. The van der Waals surface area contributed by atoms with Crippen LogP contribution in [0.25, 0.3) is 0 Å². The smallest absolute Gasteiger partial charge is 0.230 e. The van der Waals surface area contributed by atoms with E-state index in [9.17, 15) is 4.79 Å². The Morgan fingerprint density at radius 3 is 2.80 bits per heavy atom. The molecule has 4 heteroatoms. The molecule has 1 amide bonds. The van der Waals surface area contributed by atoms with E-state index in [2.05, 4.69) is 6.92 Å². The van der Waals surface area contributed by atoms with Crippen molar-refractivity contribution in [3.05, 3.63) is 18.2 Å². The predicted molar refractivity (Wildman–Crippen MR) is 85.1 cm³/mol. The van der Waals surface area contributed by atoms with Crippen LogP contribution in [0, 0.1) is 11.8 Å². The molecule has 1 aromatic carbocycles. The number of thioether (sulfide) groups is 1. The minimum atomic E-state index is 0.212. The van der Waals surface area contributed by atoms with Gasteiger partial charge in [-0.1, -0.05) is 6.92 Å². The molecular weight excluding hydrogens is 268 g/mol. The van der Waals surface area contributed by atoms with Crippen LogP contribution in [0.5, 0.6) is 0 Å². The van der Waals surface area contributed by atoms with E-state index in [0.29, 0.717) is 5.91 Å². The number of nitrogens with two attached hydrogens (primary N) is 1. The van der Waals surface area contributed by atoms with Gasteiger partial charge in [0.1, 0.15) is 0 Å². The highest BCUT2D eigenvalue weighted by molar-refractivity contribution is 7.99. The number of carbonyl (C=O) groups is 1. The van der Waals surface area contributed by atoms with E-state index in [0.717, 1.165) is 42.4 Å². The summed E-state index contributed by atoms with van der Waals surface area (Å²) in [7, 11) is 0. The van der Waals surface area contributed by atoms with Gasteiger partial charge >= 0.3 is 0 Å². The van der Waals surface area contributed by atoms with Crippen molar-refractivity contribution in [2.24, 2.45) is 11.8 Å². The van der Waals surface area contributed by atoms with Crippen LogP contribution in [0.15, 0.2) is 23.1 Å². The van der Waals surface area contributed by atoms with Crippen LogP contribution >= 0.6 is 11.8 Å². The Balaban J connectivity index is 1.81. The van der Waals surface area contributed by atoms with Crippen molar-refractivity contribution in [2.45, 2.75) is 37.5 Å². The highest BCUT2D eigenvalue weighted by Crippen LogP contribution is 2.38. The first-order valence-corrected chi connectivity index (χ1v) is 8.47. The molecule has 3 nitrogen and oxygen atoms in total. The zero-order valence-corrected chi connectivity index (χ0v) is 12.8. The minimum absolute atomic E-state index is 0.212. The predicted octanol–water partition coefficient (Wildman–Crippen LogP) is 3.53. The van der Waals surface area contributed by atoms with Crippen LogP contribution in [0.3, 0.4) is 0 Å². The normalized spacial score (nSPS) is 26.1. The first-order valence-electron chi connectivity index (χ1n) is 7.49. The van der Waals surface area contributed by atoms with Crippen LogP contribution in [-0.4, -0.2) is 18.2 Å². The van der Waals surface area contributed by atoms with Gasteiger partial charge in [-0.2, -0.15) is 0 Å². The second kappa shape index (κ2) is 5.68. The van der Waals surface area contributed by atoms with E-state index in [4.69, 9.17) is 5.73 Å². The Morgan fingerprint density at radius 1 is 1.30 bits per heavy atom. The number of hydrogen-bond donors (Lipinski definition) is 1. The van der Waals surface area contributed by atoms with Gasteiger partial charge in [0.15, 0.2) is 0 Å². The third kappa shape index (κ3) is 2.66. The molecule has 0 bridgehead atoms. The maximum Gasteiger partial charge on any atom is 0.230 e. The molecule has 20 heavy (non-hydrogen) atoms. The van der Waals surface area contributed by atoms with Gasteiger partial charge in [0, 0.05) is 28.8 Å². The van der Waals surface area contributed by atoms with Gasteiger partial charge in [-0.25, -0.2) is 0 Å². The Morgan fingerprint density at radius 2 is 2.05 bits per heavy atom. The minimum Gasteiger partial charge on any atom is -0.399 e. The first-order chi connectivity index (χ1) is 9.65. The summed E-state index contributed by atoms with van der Waals surface area (Å²) in [5, 5.41) is 0. The molecule has 1 saturated carbocycles. The second-order valence-electron chi connectivity index (χ2n) is 6.02. The van der Waals surface area contributed by atoms with Crippen molar-refractivity contribution >= 4 is 29.0 Å². The number of amides is 1. The van der Waals surface area contributed by atoms with Crippen molar-refractivity contribution in [3.63, 3.8) is 0 Å². The third-order valence-electron chi connectivity index (χ3n) is 4.48. The first kappa shape index (κ1) is 13.8. The SMILES string of the molecule is CC1CCC(C(=O)N2CCSc3ccc(N)cc32)CC1. The van der Waals surface area contributed by atoms with Crippen LogP contribution in [0.2, 0.25) is 0 Å². The molecular formula is C16H22N2OS. The lowest BCUT2D eigenvalue weighted by Gasteiger charge is -2.34. The number of carbonyl (C=O) groups excluding carboxylic acids is 1. The van der Waals surface area contributed by atoms with E-state index in [1.165, 1.54) is 17.7 Å². The molecule has 0 spiro atoms. The van der Waals surface area contributed by atoms with E-state index in [-0.39, 0.29) is 5.92 Å². The fourth-order valence-corrected chi connectivity index (χ4v) is 4.17. The van der Waals surface area contributed by atoms with Crippen molar-refractivity contribution < 1.29 is 4.79 Å². The van der Waals surface area contributed by atoms with Crippen molar-refractivity contribution in [2.75, 3.05) is 22.9 Å². The van der Waals surface area contributed by atoms with E-state index < -0.39 is 0 Å². The number of benzene rings is 1. The molecule has 108 valence electrons. The molecule has 2 aliphatic rings. The highest BCUT2D eigenvalue weighted by Gasteiger charge is 2.31. The second-order valence-corrected chi connectivity index (χ2v) is 7.16. The number of rotatable bonds is 1. The third-order valence-corrected chi connectivity index (χ3v) is 5.52. The lowest BCUT2D eigenvalue weighted by molar-refractivity contribution is -0.123. The zero-order valence-electron chi connectivity index (χ0n) is 12.0. The molecule has 1 aromatic rings. The Bertz CT molecular complexity index is 509. The maximum atomic E-state index is 12.8. The molecule has 0 radical (unpaired) electrons. The van der Waals surface area contributed by atoms with Crippen LogP contribution in [0.4, 0.5) is 11.4 Å². The number of nitrogens with zero attached hydrogens (tertiary/aromatic N) is 1. The Labute approximate surface area is 124 Å². The van der Waals surface area contributed by atoms with Gasteiger partial charge in [-0.05, 0) is 49.8 Å². The molecule has 0 unspecified atom stereocenters. The van der Waals surface area contributed by atoms with Crippen LogP contribution in [0.1, 0.15) is 32.6 Å². The molecule has 1 aliphatic heterocycles. The molecule has 1 heterocycles. The molecule has 0 aromatic heterocycles. The van der Waals surface area contributed by atoms with E-state index >= 15 is 0 Å². The van der Waals surface area contributed by atoms with Crippen molar-refractivity contribution in [3.8, 4) is 0 Å². The quantitative estimate of drug-likeness (QED) is 0.805. The van der Waals surface area contributed by atoms with E-state index in [1.54, 1.807) is 0 Å². The largest absolute Gasteiger partial charge is 0.399 e. The highest BCUT2D eigenvalue weighted by atomic mass is 32.2. The van der Waals surface area contributed by atoms with Crippen molar-refractivity contribution in [1.29, 1.82) is 0 Å². The lowest BCUT2D eigenvalue weighted by atomic mass is 9.82. The summed E-state index contributed by atoms with van der Waals surface area (Å²) in [6.07, 6.45) is 4.45. The maximum absolute atomic E-state index is 12.8. The monoisotopic (exact) mass is 290 g/mol. The van der Waals surface area contributed by atoms with Gasteiger partial charge < -0.3 is 10.6 Å². The molecule has 1 aliphatic carbocycles. The van der Waals surface area contributed by atoms with Crippen molar-refractivity contribution in [1.82, 2.24) is 0 Å². The van der Waals surface area contributed by atoms with Crippen LogP contribution < -0.4 is 10.6 Å². The standard InChI is InChI=1S/C16H22N2OS/c1-11-2-4-12(5-3-11)16(19)18-8-9-20-15-7-6-13(17)10-14(15)18/h6-7,10-12H,2-5,8-9,17H2,1H3. The number of anilines is 2. The Hall–Kier alpha value is -1.16. The van der Waals surface area contributed by atoms with E-state index in [1.807, 2.05) is 34.9 Å². The fraction of sp³-hybridized carbons (Fsp3) is 0.562. The summed E-state index contributed by atoms with van der Waals surface area (Å²) in [4.78, 5) is 16.0. The van der Waals surface area contributed by atoms with Gasteiger partial charge in [0.25, 0.3) is 0 Å². The molecule has 2 N–H and O–H groups in total. The Kier molecular flexibility index (Phi) is 3.92. The number of fused-ring (bicyclic) bond motifs is 1. The summed E-state index contributed by atoms with van der Waals surface area (Å²) in [6.45, 7) is 3.10. The topological polar surface area (TPSA) is 46.3 Å². The average Bonchev–Trinajstić information content (AvgIpc) is 2.46. The van der Waals surface area contributed by atoms with Gasteiger partial charge in [-0.15, -0.1) is 11.8 Å². The molecule has 3 rings (SSSR count). The molecule has 0 atom stereocenters. The fourth-order valence-electron chi connectivity index (χ4n) is 3.19. The zero-order chi connectivity index (χ0) is 14.1. The lowest BCUT2D eigenvalue weighted by Crippen LogP contribution is -2.40.